The molecule has 0 atom stereocenters. The van der Waals surface area contributed by atoms with Gasteiger partial charge in [-0.25, -0.2) is 4.98 Å². The van der Waals surface area contributed by atoms with Crippen LogP contribution in [0.25, 0.3) is 10.4 Å². The fraction of sp³-hybridized carbons (Fsp3) is 0.188. The van der Waals surface area contributed by atoms with E-state index >= 15 is 0 Å². The summed E-state index contributed by atoms with van der Waals surface area (Å²) in [5.74, 6) is 0. The van der Waals surface area contributed by atoms with Gasteiger partial charge in [0.1, 0.15) is 0 Å². The summed E-state index contributed by atoms with van der Waals surface area (Å²) < 4.78 is 0. The average Bonchev–Trinajstić information content (AvgIpc) is 3.07. The van der Waals surface area contributed by atoms with Crippen LogP contribution in [0.1, 0.15) is 15.6 Å². The third-order valence-corrected chi connectivity index (χ3v) is 5.13. The zero-order valence-electron chi connectivity index (χ0n) is 11.5. The number of aromatic nitrogens is 1. The molecular weight excluding hydrogens is 284 g/mol. The minimum atomic E-state index is 0.833. The standard InChI is InChI=1S/C16H16N2S2/c1-11-16(20-12(2)18-11)10-17-14-7-4-3-6-13(14)15-8-5-9-19-15/h3-9,17H,10H2,1-2H3. The molecule has 0 spiro atoms. The molecule has 0 unspecified atom stereocenters. The van der Waals surface area contributed by atoms with Gasteiger partial charge in [-0.3, -0.25) is 0 Å². The molecule has 0 fully saturated rings. The number of benzene rings is 1. The minimum absolute atomic E-state index is 0.833. The average molecular weight is 300 g/mol. The maximum Gasteiger partial charge on any atom is 0.0900 e. The lowest BCUT2D eigenvalue weighted by Crippen LogP contribution is -2.00. The summed E-state index contributed by atoms with van der Waals surface area (Å²) in [5, 5.41) is 6.79. The molecule has 2 aromatic heterocycles. The Hall–Kier alpha value is -1.65. The lowest BCUT2D eigenvalue weighted by Gasteiger charge is -2.10. The zero-order valence-corrected chi connectivity index (χ0v) is 13.1. The summed E-state index contributed by atoms with van der Waals surface area (Å²) in [6.07, 6.45) is 0. The highest BCUT2D eigenvalue weighted by Crippen LogP contribution is 2.32. The second-order valence-electron chi connectivity index (χ2n) is 4.62. The summed E-state index contributed by atoms with van der Waals surface area (Å²) in [4.78, 5) is 7.08. The van der Waals surface area contributed by atoms with Gasteiger partial charge in [-0.1, -0.05) is 24.3 Å². The van der Waals surface area contributed by atoms with E-state index in [1.54, 1.807) is 22.7 Å². The lowest BCUT2D eigenvalue weighted by atomic mass is 10.1. The van der Waals surface area contributed by atoms with Crippen molar-refractivity contribution in [1.82, 2.24) is 4.98 Å². The van der Waals surface area contributed by atoms with Gasteiger partial charge in [-0.05, 0) is 31.4 Å². The molecule has 0 aliphatic rings. The molecule has 2 heterocycles. The molecule has 4 heteroatoms. The summed E-state index contributed by atoms with van der Waals surface area (Å²) in [6, 6.07) is 12.7. The Labute approximate surface area is 127 Å². The molecule has 0 aliphatic carbocycles. The van der Waals surface area contributed by atoms with Gasteiger partial charge < -0.3 is 5.32 Å². The fourth-order valence-corrected chi connectivity index (χ4v) is 3.84. The van der Waals surface area contributed by atoms with Crippen LogP contribution in [-0.2, 0) is 6.54 Å². The van der Waals surface area contributed by atoms with E-state index in [9.17, 15) is 0 Å². The zero-order chi connectivity index (χ0) is 13.9. The van der Waals surface area contributed by atoms with Gasteiger partial charge in [-0.15, -0.1) is 22.7 Å². The van der Waals surface area contributed by atoms with Gasteiger partial charge in [0.2, 0.25) is 0 Å². The van der Waals surface area contributed by atoms with Crippen LogP contribution in [0.4, 0.5) is 5.69 Å². The van der Waals surface area contributed by atoms with Crippen molar-refractivity contribution in [2.45, 2.75) is 20.4 Å². The van der Waals surface area contributed by atoms with Gasteiger partial charge in [0.25, 0.3) is 0 Å². The maximum atomic E-state index is 4.48. The first-order chi connectivity index (χ1) is 9.74. The van der Waals surface area contributed by atoms with Crippen molar-refractivity contribution in [3.63, 3.8) is 0 Å². The Balaban J connectivity index is 1.83. The van der Waals surface area contributed by atoms with E-state index in [0.29, 0.717) is 0 Å². The Bertz CT molecular complexity index is 699. The molecule has 20 heavy (non-hydrogen) atoms. The third kappa shape index (κ3) is 2.76. The Morgan fingerprint density at radius 1 is 1.10 bits per heavy atom. The van der Waals surface area contributed by atoms with Crippen LogP contribution in [0.2, 0.25) is 0 Å². The van der Waals surface area contributed by atoms with E-state index < -0.39 is 0 Å². The number of thiophene rings is 1. The number of thiazole rings is 1. The maximum absolute atomic E-state index is 4.48. The van der Waals surface area contributed by atoms with Gasteiger partial charge in [0.15, 0.2) is 0 Å². The third-order valence-electron chi connectivity index (χ3n) is 3.15. The Kier molecular flexibility index (Phi) is 3.85. The molecule has 0 bridgehead atoms. The fourth-order valence-electron chi connectivity index (χ4n) is 2.20. The van der Waals surface area contributed by atoms with Gasteiger partial charge in [0.05, 0.1) is 17.2 Å². The minimum Gasteiger partial charge on any atom is -0.380 e. The summed E-state index contributed by atoms with van der Waals surface area (Å²) >= 11 is 3.54. The van der Waals surface area contributed by atoms with Crippen LogP contribution < -0.4 is 5.32 Å². The van der Waals surface area contributed by atoms with E-state index in [4.69, 9.17) is 0 Å². The highest BCUT2D eigenvalue weighted by atomic mass is 32.1. The molecule has 0 saturated heterocycles. The van der Waals surface area contributed by atoms with Crippen LogP contribution in [0.15, 0.2) is 41.8 Å². The smallest absolute Gasteiger partial charge is 0.0900 e. The van der Waals surface area contributed by atoms with Gasteiger partial charge >= 0.3 is 0 Å². The van der Waals surface area contributed by atoms with Crippen molar-refractivity contribution in [3.8, 4) is 10.4 Å². The molecule has 1 N–H and O–H groups in total. The molecule has 0 saturated carbocycles. The number of para-hydroxylation sites is 1. The molecule has 0 radical (unpaired) electrons. The quantitative estimate of drug-likeness (QED) is 0.725. The summed E-state index contributed by atoms with van der Waals surface area (Å²) in [6.45, 7) is 4.96. The largest absolute Gasteiger partial charge is 0.380 e. The van der Waals surface area contributed by atoms with Gasteiger partial charge in [-0.2, -0.15) is 0 Å². The van der Waals surface area contributed by atoms with Crippen LogP contribution in [0.3, 0.4) is 0 Å². The normalized spacial score (nSPS) is 10.7. The number of hydrogen-bond donors (Lipinski definition) is 1. The number of anilines is 1. The number of nitrogens with one attached hydrogen (secondary N) is 1. The first-order valence-electron chi connectivity index (χ1n) is 6.54. The van der Waals surface area contributed by atoms with Crippen molar-refractivity contribution in [2.24, 2.45) is 0 Å². The second kappa shape index (κ2) is 5.77. The van der Waals surface area contributed by atoms with E-state index in [2.05, 4.69) is 65.9 Å². The molecule has 0 aliphatic heterocycles. The van der Waals surface area contributed by atoms with Crippen LogP contribution in [-0.4, -0.2) is 4.98 Å². The van der Waals surface area contributed by atoms with Crippen LogP contribution in [0.5, 0.6) is 0 Å². The second-order valence-corrected chi connectivity index (χ2v) is 6.85. The number of rotatable bonds is 4. The molecule has 2 nitrogen and oxygen atoms in total. The highest BCUT2D eigenvalue weighted by Gasteiger charge is 2.08. The summed E-state index contributed by atoms with van der Waals surface area (Å²) in [5.41, 5.74) is 3.58. The van der Waals surface area contributed by atoms with E-state index in [1.165, 1.54) is 21.0 Å². The van der Waals surface area contributed by atoms with E-state index in [-0.39, 0.29) is 0 Å². The number of hydrogen-bond acceptors (Lipinski definition) is 4. The predicted molar refractivity (Wildman–Crippen MR) is 88.7 cm³/mol. The predicted octanol–water partition coefficient (Wildman–Crippen LogP) is 5.10. The molecule has 3 aromatic rings. The van der Waals surface area contributed by atoms with Gasteiger partial charge in [0, 0.05) is 21.0 Å². The van der Waals surface area contributed by atoms with Crippen molar-refractivity contribution in [1.29, 1.82) is 0 Å². The molecule has 1 aromatic carbocycles. The molecular formula is C16H16N2S2. The first-order valence-corrected chi connectivity index (χ1v) is 8.23. The summed E-state index contributed by atoms with van der Waals surface area (Å²) in [7, 11) is 0. The molecule has 3 rings (SSSR count). The highest BCUT2D eigenvalue weighted by molar-refractivity contribution is 7.13. The Morgan fingerprint density at radius 3 is 2.65 bits per heavy atom. The lowest BCUT2D eigenvalue weighted by molar-refractivity contribution is 1.11. The van der Waals surface area contributed by atoms with E-state index in [1.807, 2.05) is 0 Å². The molecule has 0 amide bonds. The molecule has 102 valence electrons. The van der Waals surface area contributed by atoms with E-state index in [0.717, 1.165) is 17.2 Å². The number of aryl methyl sites for hydroxylation is 2. The first kappa shape index (κ1) is 13.3. The Morgan fingerprint density at radius 2 is 1.95 bits per heavy atom. The van der Waals surface area contributed by atoms with Crippen molar-refractivity contribution >= 4 is 28.4 Å². The van der Waals surface area contributed by atoms with Crippen LogP contribution >= 0.6 is 22.7 Å². The van der Waals surface area contributed by atoms with Crippen molar-refractivity contribution in [2.75, 3.05) is 5.32 Å². The monoisotopic (exact) mass is 300 g/mol. The van der Waals surface area contributed by atoms with Crippen molar-refractivity contribution < 1.29 is 0 Å². The topological polar surface area (TPSA) is 24.9 Å². The SMILES string of the molecule is Cc1nc(C)c(CNc2ccccc2-c2cccs2)s1. The van der Waals surface area contributed by atoms with Crippen molar-refractivity contribution in [3.05, 3.63) is 57.4 Å². The van der Waals surface area contributed by atoms with Crippen LogP contribution in [0, 0.1) is 13.8 Å². The number of nitrogens with zero attached hydrogens (tertiary/aromatic N) is 1.